The third-order valence-electron chi connectivity index (χ3n) is 5.56. The molecule has 126 valence electrons. The van der Waals surface area contributed by atoms with E-state index in [9.17, 15) is 4.79 Å². The predicted molar refractivity (Wildman–Crippen MR) is 91.1 cm³/mol. The van der Waals surface area contributed by atoms with E-state index < -0.39 is 0 Å². The molecule has 23 heavy (non-hydrogen) atoms. The first-order chi connectivity index (χ1) is 10.9. The number of fused-ring (bicyclic) bond motifs is 2. The Labute approximate surface area is 139 Å². The third kappa shape index (κ3) is 3.60. The van der Waals surface area contributed by atoms with Crippen LogP contribution in [0.5, 0.6) is 0 Å². The molecule has 0 bridgehead atoms. The second-order valence-corrected chi connectivity index (χ2v) is 7.54. The zero-order chi connectivity index (χ0) is 16.6. The SMILES string of the molecule is CC1=C[C@H]2OC(=O)C(C)=C2CC[C@H]2O[C@]2(C)CCC(C)=CCC1. The average Bonchev–Trinajstić information content (AvgIpc) is 3.06. The Hall–Kier alpha value is -1.35. The Morgan fingerprint density at radius 2 is 1.91 bits per heavy atom. The van der Waals surface area contributed by atoms with E-state index in [-0.39, 0.29) is 17.7 Å². The van der Waals surface area contributed by atoms with Crippen LogP contribution in [-0.2, 0) is 14.3 Å². The molecule has 3 aliphatic rings. The molecule has 0 aromatic heterocycles. The van der Waals surface area contributed by atoms with Gasteiger partial charge >= 0.3 is 5.97 Å². The summed E-state index contributed by atoms with van der Waals surface area (Å²) in [4.78, 5) is 11.9. The topological polar surface area (TPSA) is 38.8 Å². The molecule has 0 unspecified atom stereocenters. The number of hydrogen-bond acceptors (Lipinski definition) is 3. The van der Waals surface area contributed by atoms with Gasteiger partial charge in [0.25, 0.3) is 0 Å². The van der Waals surface area contributed by atoms with E-state index in [1.165, 1.54) is 11.1 Å². The highest BCUT2D eigenvalue weighted by Crippen LogP contribution is 2.45. The number of allylic oxidation sites excluding steroid dienone is 3. The molecule has 2 aliphatic heterocycles. The summed E-state index contributed by atoms with van der Waals surface area (Å²) in [7, 11) is 0. The largest absolute Gasteiger partial charge is 0.450 e. The first-order valence-corrected chi connectivity index (χ1v) is 8.80. The molecular formula is C20H28O3. The van der Waals surface area contributed by atoms with E-state index in [1.807, 2.05) is 6.92 Å². The maximum atomic E-state index is 11.9. The number of carbonyl (C=O) groups excluding carboxylic acids is 1. The normalized spacial score (nSPS) is 35.6. The molecular weight excluding hydrogens is 288 g/mol. The molecule has 0 aromatic carbocycles. The fraction of sp³-hybridized carbons (Fsp3) is 0.650. The summed E-state index contributed by atoms with van der Waals surface area (Å²) in [6, 6.07) is 0. The first kappa shape index (κ1) is 16.5. The minimum atomic E-state index is -0.166. The molecule has 3 nitrogen and oxygen atoms in total. The van der Waals surface area contributed by atoms with Gasteiger partial charge in [-0.25, -0.2) is 4.79 Å². The summed E-state index contributed by atoms with van der Waals surface area (Å²) in [5, 5.41) is 0. The van der Waals surface area contributed by atoms with Gasteiger partial charge < -0.3 is 9.47 Å². The Bertz CT molecular complexity index is 596. The van der Waals surface area contributed by atoms with Gasteiger partial charge in [-0.3, -0.25) is 0 Å². The molecule has 3 heteroatoms. The van der Waals surface area contributed by atoms with Crippen molar-refractivity contribution in [3.8, 4) is 0 Å². The monoisotopic (exact) mass is 316 g/mol. The van der Waals surface area contributed by atoms with E-state index in [1.54, 1.807) is 0 Å². The quantitative estimate of drug-likeness (QED) is 0.371. The summed E-state index contributed by atoms with van der Waals surface area (Å²) >= 11 is 0. The van der Waals surface area contributed by atoms with Crippen LogP contribution in [0.4, 0.5) is 0 Å². The van der Waals surface area contributed by atoms with Crippen LogP contribution in [0.25, 0.3) is 0 Å². The highest BCUT2D eigenvalue weighted by Gasteiger charge is 2.51. The lowest BCUT2D eigenvalue weighted by Crippen LogP contribution is -2.13. The van der Waals surface area contributed by atoms with Gasteiger partial charge in [0.05, 0.1) is 11.7 Å². The lowest BCUT2D eigenvalue weighted by atomic mass is 9.91. The molecule has 0 radical (unpaired) electrons. The summed E-state index contributed by atoms with van der Waals surface area (Å²) < 4.78 is 11.5. The van der Waals surface area contributed by atoms with Crippen LogP contribution in [0, 0.1) is 0 Å². The smallest absolute Gasteiger partial charge is 0.334 e. The van der Waals surface area contributed by atoms with Gasteiger partial charge in [0, 0.05) is 5.57 Å². The van der Waals surface area contributed by atoms with Crippen molar-refractivity contribution in [1.29, 1.82) is 0 Å². The van der Waals surface area contributed by atoms with Crippen LogP contribution in [-0.4, -0.2) is 23.8 Å². The van der Waals surface area contributed by atoms with Crippen molar-refractivity contribution in [1.82, 2.24) is 0 Å². The fourth-order valence-corrected chi connectivity index (χ4v) is 3.68. The second-order valence-electron chi connectivity index (χ2n) is 7.54. The van der Waals surface area contributed by atoms with Crippen molar-refractivity contribution >= 4 is 5.97 Å². The summed E-state index contributed by atoms with van der Waals surface area (Å²) in [6.45, 7) is 8.46. The summed E-state index contributed by atoms with van der Waals surface area (Å²) in [5.41, 5.74) is 4.72. The lowest BCUT2D eigenvalue weighted by Gasteiger charge is -2.13. The Balaban J connectivity index is 1.81. The number of ether oxygens (including phenoxy) is 2. The molecule has 0 N–H and O–H groups in total. The molecule has 0 saturated carbocycles. The van der Waals surface area contributed by atoms with Crippen molar-refractivity contribution < 1.29 is 14.3 Å². The summed E-state index contributed by atoms with van der Waals surface area (Å²) in [5.74, 6) is -0.159. The highest BCUT2D eigenvalue weighted by atomic mass is 16.6. The molecule has 1 saturated heterocycles. The van der Waals surface area contributed by atoms with E-state index in [0.29, 0.717) is 6.10 Å². The van der Waals surface area contributed by atoms with Gasteiger partial charge in [0.15, 0.2) is 0 Å². The molecule has 1 fully saturated rings. The third-order valence-corrected chi connectivity index (χ3v) is 5.56. The number of rotatable bonds is 0. The van der Waals surface area contributed by atoms with Gasteiger partial charge in [-0.15, -0.1) is 0 Å². The van der Waals surface area contributed by atoms with E-state index in [0.717, 1.165) is 49.7 Å². The van der Waals surface area contributed by atoms with E-state index >= 15 is 0 Å². The first-order valence-electron chi connectivity index (χ1n) is 8.80. The van der Waals surface area contributed by atoms with E-state index in [4.69, 9.17) is 9.47 Å². The molecule has 3 atom stereocenters. The van der Waals surface area contributed by atoms with Crippen LogP contribution in [0.2, 0.25) is 0 Å². The molecule has 0 amide bonds. The Morgan fingerprint density at radius 1 is 1.13 bits per heavy atom. The minimum Gasteiger partial charge on any atom is -0.450 e. The van der Waals surface area contributed by atoms with Gasteiger partial charge in [0.1, 0.15) is 6.10 Å². The van der Waals surface area contributed by atoms with Gasteiger partial charge in [0.2, 0.25) is 0 Å². The lowest BCUT2D eigenvalue weighted by molar-refractivity contribution is -0.138. The van der Waals surface area contributed by atoms with Crippen LogP contribution in [0.1, 0.15) is 66.2 Å². The van der Waals surface area contributed by atoms with E-state index in [2.05, 4.69) is 32.9 Å². The number of epoxide rings is 1. The molecule has 2 heterocycles. The predicted octanol–water partition coefficient (Wildman–Crippen LogP) is 4.63. The zero-order valence-corrected chi connectivity index (χ0v) is 14.8. The average molecular weight is 316 g/mol. The maximum Gasteiger partial charge on any atom is 0.334 e. The maximum absolute atomic E-state index is 11.9. The number of hydrogen-bond donors (Lipinski definition) is 0. The van der Waals surface area contributed by atoms with Crippen molar-refractivity contribution in [3.05, 3.63) is 34.4 Å². The van der Waals surface area contributed by atoms with Crippen LogP contribution in [0.3, 0.4) is 0 Å². The second kappa shape index (κ2) is 6.27. The number of carbonyl (C=O) groups is 1. The van der Waals surface area contributed by atoms with Gasteiger partial charge in [-0.05, 0) is 77.9 Å². The Morgan fingerprint density at radius 3 is 2.70 bits per heavy atom. The standard InChI is InChI=1S/C20H28O3/c1-13-6-5-7-14(2)12-17-16(15(3)19(21)22-17)8-9-18-20(4,23-18)11-10-13/h6,12,17-18H,5,7-11H2,1-4H3/t17-,18-,20-/m1/s1. The molecule has 3 rings (SSSR count). The van der Waals surface area contributed by atoms with Crippen molar-refractivity contribution in [2.75, 3.05) is 0 Å². The van der Waals surface area contributed by atoms with Gasteiger partial charge in [-0.1, -0.05) is 17.2 Å². The number of esters is 1. The van der Waals surface area contributed by atoms with Crippen molar-refractivity contribution in [2.24, 2.45) is 0 Å². The van der Waals surface area contributed by atoms with Crippen LogP contribution < -0.4 is 0 Å². The van der Waals surface area contributed by atoms with Crippen LogP contribution in [0.15, 0.2) is 34.4 Å². The van der Waals surface area contributed by atoms with Crippen LogP contribution >= 0.6 is 0 Å². The highest BCUT2D eigenvalue weighted by molar-refractivity contribution is 5.92. The van der Waals surface area contributed by atoms with Crippen molar-refractivity contribution in [3.63, 3.8) is 0 Å². The Kier molecular flexibility index (Phi) is 4.50. The molecule has 0 aromatic rings. The summed E-state index contributed by atoms with van der Waals surface area (Å²) in [6.07, 6.45) is 10.8. The van der Waals surface area contributed by atoms with Crippen molar-refractivity contribution in [2.45, 2.75) is 84.0 Å². The zero-order valence-electron chi connectivity index (χ0n) is 14.8. The molecule has 1 aliphatic carbocycles. The minimum absolute atomic E-state index is 0.0262. The van der Waals surface area contributed by atoms with Gasteiger partial charge in [-0.2, -0.15) is 0 Å². The fourth-order valence-electron chi connectivity index (χ4n) is 3.68. The molecule has 0 spiro atoms.